The molecule has 0 bridgehead atoms. The van der Waals surface area contributed by atoms with Crippen molar-refractivity contribution in [2.24, 2.45) is 5.92 Å². The van der Waals surface area contributed by atoms with E-state index in [2.05, 4.69) is 15.9 Å². The zero-order valence-electron chi connectivity index (χ0n) is 12.0. The fraction of sp³-hybridized carbons (Fsp3) is 0.538. The third-order valence-electron chi connectivity index (χ3n) is 2.76. The minimum Gasteiger partial charge on any atom is -0.398 e. The molecular weight excluding hydrogens is 347 g/mol. The number of benzene rings is 1. The minimum absolute atomic E-state index is 0.0693. The standard InChI is InChI=1S/C13H20BrFN2O2S/c1-8(2)7-17(9(3)4)20(18,19)13-5-10(14)11(15)6-12(13)16/h5-6,8-9H,7,16H2,1-4H3. The Balaban J connectivity index is 3.37. The first-order valence-electron chi connectivity index (χ1n) is 6.33. The average molecular weight is 367 g/mol. The van der Waals surface area contributed by atoms with E-state index in [-0.39, 0.29) is 27.0 Å². The number of hydrogen-bond donors (Lipinski definition) is 1. The van der Waals surface area contributed by atoms with Gasteiger partial charge in [0.1, 0.15) is 10.7 Å². The normalized spacial score (nSPS) is 12.7. The van der Waals surface area contributed by atoms with Gasteiger partial charge in [0.25, 0.3) is 0 Å². The molecule has 0 amide bonds. The van der Waals surface area contributed by atoms with Crippen LogP contribution in [0.4, 0.5) is 10.1 Å². The molecule has 0 aliphatic rings. The van der Waals surface area contributed by atoms with Gasteiger partial charge in [-0.2, -0.15) is 4.31 Å². The molecule has 0 saturated carbocycles. The number of anilines is 1. The molecule has 0 aliphatic carbocycles. The van der Waals surface area contributed by atoms with E-state index in [0.717, 1.165) is 6.07 Å². The van der Waals surface area contributed by atoms with Gasteiger partial charge in [0.2, 0.25) is 10.0 Å². The summed E-state index contributed by atoms with van der Waals surface area (Å²) in [5.41, 5.74) is 5.60. The van der Waals surface area contributed by atoms with E-state index < -0.39 is 15.8 Å². The lowest BCUT2D eigenvalue weighted by atomic mass is 10.2. The van der Waals surface area contributed by atoms with Gasteiger partial charge in [0.05, 0.1) is 10.2 Å². The van der Waals surface area contributed by atoms with Gasteiger partial charge in [-0.1, -0.05) is 13.8 Å². The van der Waals surface area contributed by atoms with Crippen molar-refractivity contribution in [3.63, 3.8) is 0 Å². The van der Waals surface area contributed by atoms with Crippen LogP contribution in [-0.4, -0.2) is 25.3 Å². The van der Waals surface area contributed by atoms with Crippen LogP contribution in [0.25, 0.3) is 0 Å². The fourth-order valence-corrected chi connectivity index (χ4v) is 4.26. The number of nitrogen functional groups attached to an aromatic ring is 1. The van der Waals surface area contributed by atoms with Crippen LogP contribution >= 0.6 is 15.9 Å². The maximum absolute atomic E-state index is 13.4. The third kappa shape index (κ3) is 3.71. The first-order chi connectivity index (χ1) is 9.07. The quantitative estimate of drug-likeness (QED) is 0.813. The zero-order valence-corrected chi connectivity index (χ0v) is 14.4. The topological polar surface area (TPSA) is 63.4 Å². The van der Waals surface area contributed by atoms with E-state index in [1.165, 1.54) is 10.4 Å². The van der Waals surface area contributed by atoms with Gasteiger partial charge in [-0.3, -0.25) is 0 Å². The van der Waals surface area contributed by atoms with Crippen LogP contribution in [0.3, 0.4) is 0 Å². The van der Waals surface area contributed by atoms with Gasteiger partial charge in [-0.25, -0.2) is 12.8 Å². The minimum atomic E-state index is -3.75. The van der Waals surface area contributed by atoms with Gasteiger partial charge in [-0.15, -0.1) is 0 Å². The van der Waals surface area contributed by atoms with Crippen molar-refractivity contribution in [1.82, 2.24) is 4.31 Å². The Morgan fingerprint density at radius 2 is 1.85 bits per heavy atom. The Bertz CT molecular complexity index is 588. The predicted octanol–water partition coefficient (Wildman–Crippen LogP) is 3.23. The summed E-state index contributed by atoms with van der Waals surface area (Å²) in [6, 6.07) is 2.03. The van der Waals surface area contributed by atoms with E-state index in [9.17, 15) is 12.8 Å². The summed E-state index contributed by atoms with van der Waals surface area (Å²) in [4.78, 5) is -0.0693. The molecule has 1 aromatic carbocycles. The smallest absolute Gasteiger partial charge is 0.245 e. The first-order valence-corrected chi connectivity index (χ1v) is 8.57. The van der Waals surface area contributed by atoms with Crippen LogP contribution in [0.2, 0.25) is 0 Å². The molecule has 0 spiro atoms. The lowest BCUT2D eigenvalue weighted by molar-refractivity contribution is 0.319. The molecule has 7 heteroatoms. The molecule has 0 heterocycles. The number of nitrogens with zero attached hydrogens (tertiary/aromatic N) is 1. The van der Waals surface area contributed by atoms with Crippen molar-refractivity contribution in [3.05, 3.63) is 22.4 Å². The molecule has 0 radical (unpaired) electrons. The second kappa shape index (κ2) is 6.41. The van der Waals surface area contributed by atoms with E-state index in [1.54, 1.807) is 13.8 Å². The van der Waals surface area contributed by atoms with Crippen molar-refractivity contribution < 1.29 is 12.8 Å². The van der Waals surface area contributed by atoms with Crippen LogP contribution in [0, 0.1) is 11.7 Å². The molecule has 0 atom stereocenters. The monoisotopic (exact) mass is 366 g/mol. The number of halogens is 2. The van der Waals surface area contributed by atoms with Gasteiger partial charge >= 0.3 is 0 Å². The maximum Gasteiger partial charge on any atom is 0.245 e. The molecule has 4 nitrogen and oxygen atoms in total. The van der Waals surface area contributed by atoms with E-state index >= 15 is 0 Å². The Morgan fingerprint density at radius 1 is 1.30 bits per heavy atom. The lowest BCUT2D eigenvalue weighted by Crippen LogP contribution is -2.39. The molecule has 2 N–H and O–H groups in total. The van der Waals surface area contributed by atoms with Gasteiger partial charge in [0, 0.05) is 12.6 Å². The van der Waals surface area contributed by atoms with Crippen molar-refractivity contribution in [2.75, 3.05) is 12.3 Å². The highest BCUT2D eigenvalue weighted by molar-refractivity contribution is 9.10. The van der Waals surface area contributed by atoms with Crippen molar-refractivity contribution in [3.8, 4) is 0 Å². The summed E-state index contributed by atoms with van der Waals surface area (Å²) in [6.07, 6.45) is 0. The number of rotatable bonds is 5. The van der Waals surface area contributed by atoms with Crippen LogP contribution in [0.15, 0.2) is 21.5 Å². The molecule has 0 fully saturated rings. The molecule has 0 aliphatic heterocycles. The fourth-order valence-electron chi connectivity index (χ4n) is 1.84. The highest BCUT2D eigenvalue weighted by Gasteiger charge is 2.30. The number of nitrogens with two attached hydrogens (primary N) is 1. The summed E-state index contributed by atoms with van der Waals surface area (Å²) in [7, 11) is -3.75. The van der Waals surface area contributed by atoms with E-state index in [1.807, 2.05) is 13.8 Å². The second-order valence-electron chi connectivity index (χ2n) is 5.37. The van der Waals surface area contributed by atoms with Gasteiger partial charge < -0.3 is 5.73 Å². The summed E-state index contributed by atoms with van der Waals surface area (Å²) < 4.78 is 40.2. The molecule has 0 saturated heterocycles. The van der Waals surface area contributed by atoms with E-state index in [0.29, 0.717) is 6.54 Å². The summed E-state index contributed by atoms with van der Waals surface area (Å²) in [5.74, 6) is -0.404. The van der Waals surface area contributed by atoms with Gasteiger partial charge in [0.15, 0.2) is 0 Å². The third-order valence-corrected chi connectivity index (χ3v) is 5.47. The maximum atomic E-state index is 13.4. The number of sulfonamides is 1. The Kier molecular flexibility index (Phi) is 5.57. The van der Waals surface area contributed by atoms with Crippen LogP contribution < -0.4 is 5.73 Å². The second-order valence-corrected chi connectivity index (χ2v) is 8.08. The van der Waals surface area contributed by atoms with Crippen LogP contribution in [0.5, 0.6) is 0 Å². The highest BCUT2D eigenvalue weighted by atomic mass is 79.9. The molecule has 0 unspecified atom stereocenters. The largest absolute Gasteiger partial charge is 0.398 e. The Labute approximate surface area is 128 Å². The average Bonchev–Trinajstić information content (AvgIpc) is 2.29. The van der Waals surface area contributed by atoms with Crippen molar-refractivity contribution in [2.45, 2.75) is 38.6 Å². The predicted molar refractivity (Wildman–Crippen MR) is 82.4 cm³/mol. The molecular formula is C13H20BrFN2O2S. The molecule has 20 heavy (non-hydrogen) atoms. The summed E-state index contributed by atoms with van der Waals surface area (Å²) in [6.45, 7) is 7.86. The molecule has 1 aromatic rings. The molecule has 114 valence electrons. The van der Waals surface area contributed by atoms with Crippen molar-refractivity contribution >= 4 is 31.6 Å². The number of hydrogen-bond acceptors (Lipinski definition) is 3. The lowest BCUT2D eigenvalue weighted by Gasteiger charge is -2.28. The van der Waals surface area contributed by atoms with Crippen LogP contribution in [0.1, 0.15) is 27.7 Å². The van der Waals surface area contributed by atoms with Crippen molar-refractivity contribution in [1.29, 1.82) is 0 Å². The first kappa shape index (κ1) is 17.4. The SMILES string of the molecule is CC(C)CN(C(C)C)S(=O)(=O)c1cc(Br)c(F)cc1N. The Morgan fingerprint density at radius 3 is 2.30 bits per heavy atom. The Hall–Kier alpha value is -0.660. The van der Waals surface area contributed by atoms with E-state index in [4.69, 9.17) is 5.73 Å². The van der Waals surface area contributed by atoms with Crippen LogP contribution in [-0.2, 0) is 10.0 Å². The molecule has 1 rings (SSSR count). The summed E-state index contributed by atoms with van der Waals surface area (Å²) >= 11 is 3.00. The zero-order chi connectivity index (χ0) is 15.7. The highest BCUT2D eigenvalue weighted by Crippen LogP contribution is 2.29. The summed E-state index contributed by atoms with van der Waals surface area (Å²) in [5, 5.41) is 0. The van der Waals surface area contributed by atoms with Gasteiger partial charge in [-0.05, 0) is 47.8 Å². The molecule has 0 aromatic heterocycles.